The number of halogens is 1. The van der Waals surface area contributed by atoms with Crippen LogP contribution in [-0.4, -0.2) is 11.9 Å². The first kappa shape index (κ1) is 10.1. The average Bonchev–Trinajstić information content (AvgIpc) is 2.22. The highest BCUT2D eigenvalue weighted by Crippen LogP contribution is 2.23. The van der Waals surface area contributed by atoms with Crippen molar-refractivity contribution in [2.45, 2.75) is 31.8 Å². The number of ketones is 1. The van der Waals surface area contributed by atoms with Gasteiger partial charge in [0, 0.05) is 12.8 Å². The van der Waals surface area contributed by atoms with Crippen molar-refractivity contribution in [2.75, 3.05) is 0 Å². The van der Waals surface area contributed by atoms with Gasteiger partial charge in [0.2, 0.25) is 0 Å². The summed E-state index contributed by atoms with van der Waals surface area (Å²) >= 11 is 0. The molecule has 1 saturated carbocycles. The van der Waals surface area contributed by atoms with Crippen molar-refractivity contribution in [3.8, 4) is 5.75 Å². The van der Waals surface area contributed by atoms with Gasteiger partial charge in [-0.1, -0.05) is 12.1 Å². The van der Waals surface area contributed by atoms with Crippen molar-refractivity contribution >= 4 is 5.78 Å². The van der Waals surface area contributed by atoms with Crippen LogP contribution in [-0.2, 0) is 4.79 Å². The third-order valence-corrected chi connectivity index (χ3v) is 2.57. The van der Waals surface area contributed by atoms with Crippen LogP contribution < -0.4 is 4.74 Å². The maximum Gasteiger partial charge on any atom is 0.165 e. The molecule has 1 aromatic carbocycles. The van der Waals surface area contributed by atoms with Crippen LogP contribution in [0.15, 0.2) is 24.3 Å². The number of carbonyl (C=O) groups is 1. The van der Waals surface area contributed by atoms with Gasteiger partial charge in [0.25, 0.3) is 0 Å². The molecular formula is C12H13FO2. The lowest BCUT2D eigenvalue weighted by Crippen LogP contribution is -2.25. The molecule has 0 bridgehead atoms. The molecule has 3 heteroatoms. The van der Waals surface area contributed by atoms with Gasteiger partial charge in [-0.05, 0) is 25.0 Å². The van der Waals surface area contributed by atoms with E-state index in [-0.39, 0.29) is 23.5 Å². The third kappa shape index (κ3) is 2.55. The van der Waals surface area contributed by atoms with Crippen LogP contribution in [0.25, 0.3) is 0 Å². The molecule has 1 fully saturated rings. The summed E-state index contributed by atoms with van der Waals surface area (Å²) in [5.74, 6) is 0.0929. The molecule has 1 aliphatic rings. The summed E-state index contributed by atoms with van der Waals surface area (Å²) in [4.78, 5) is 11.2. The van der Waals surface area contributed by atoms with Gasteiger partial charge in [-0.25, -0.2) is 4.39 Å². The molecule has 1 unspecified atom stereocenters. The van der Waals surface area contributed by atoms with E-state index in [1.807, 2.05) is 0 Å². The highest BCUT2D eigenvalue weighted by molar-refractivity contribution is 5.79. The van der Waals surface area contributed by atoms with Crippen molar-refractivity contribution in [1.82, 2.24) is 0 Å². The van der Waals surface area contributed by atoms with Crippen molar-refractivity contribution in [3.05, 3.63) is 30.1 Å². The number of para-hydroxylation sites is 1. The molecule has 0 radical (unpaired) electrons. The van der Waals surface area contributed by atoms with E-state index >= 15 is 0 Å². The predicted octanol–water partition coefficient (Wildman–Crippen LogP) is 2.72. The molecule has 2 nitrogen and oxygen atoms in total. The van der Waals surface area contributed by atoms with Crippen LogP contribution in [0.5, 0.6) is 5.75 Å². The molecule has 80 valence electrons. The van der Waals surface area contributed by atoms with Crippen molar-refractivity contribution < 1.29 is 13.9 Å². The smallest absolute Gasteiger partial charge is 0.165 e. The lowest BCUT2D eigenvalue weighted by atomic mass is 9.96. The summed E-state index contributed by atoms with van der Waals surface area (Å²) in [6.45, 7) is 0. The maximum atomic E-state index is 13.2. The van der Waals surface area contributed by atoms with E-state index in [2.05, 4.69) is 0 Å². The number of rotatable bonds is 2. The number of benzene rings is 1. The second-order valence-corrected chi connectivity index (χ2v) is 3.81. The van der Waals surface area contributed by atoms with Gasteiger partial charge in [-0.3, -0.25) is 4.79 Å². The van der Waals surface area contributed by atoms with Crippen LogP contribution >= 0.6 is 0 Å². The summed E-state index contributed by atoms with van der Waals surface area (Å²) in [7, 11) is 0. The standard InChI is InChI=1S/C12H13FO2/c13-11-6-1-2-7-12(11)15-10-5-3-4-9(14)8-10/h1-2,6-7,10H,3-5,8H2. The number of hydrogen-bond donors (Lipinski definition) is 0. The summed E-state index contributed by atoms with van der Waals surface area (Å²) in [5.41, 5.74) is 0. The highest BCUT2D eigenvalue weighted by Gasteiger charge is 2.21. The summed E-state index contributed by atoms with van der Waals surface area (Å²) in [5, 5.41) is 0. The first-order valence-electron chi connectivity index (χ1n) is 5.18. The lowest BCUT2D eigenvalue weighted by Gasteiger charge is -2.22. The molecule has 1 aromatic rings. The van der Waals surface area contributed by atoms with Crippen LogP contribution in [0.1, 0.15) is 25.7 Å². The Bertz CT molecular complexity index is 362. The van der Waals surface area contributed by atoms with E-state index in [4.69, 9.17) is 4.74 Å². The Hall–Kier alpha value is -1.38. The van der Waals surface area contributed by atoms with E-state index in [9.17, 15) is 9.18 Å². The SMILES string of the molecule is O=C1CCCC(Oc2ccccc2F)C1. The second kappa shape index (κ2) is 4.43. The first-order valence-corrected chi connectivity index (χ1v) is 5.18. The number of ether oxygens (including phenoxy) is 1. The van der Waals surface area contributed by atoms with Crippen molar-refractivity contribution in [1.29, 1.82) is 0 Å². The largest absolute Gasteiger partial charge is 0.487 e. The molecule has 0 N–H and O–H groups in total. The zero-order chi connectivity index (χ0) is 10.7. The second-order valence-electron chi connectivity index (χ2n) is 3.81. The molecule has 2 rings (SSSR count). The Labute approximate surface area is 88.1 Å². The van der Waals surface area contributed by atoms with Crippen LogP contribution in [0.2, 0.25) is 0 Å². The van der Waals surface area contributed by atoms with Gasteiger partial charge in [-0.2, -0.15) is 0 Å². The molecule has 0 aromatic heterocycles. The summed E-state index contributed by atoms with van der Waals surface area (Å²) < 4.78 is 18.7. The van der Waals surface area contributed by atoms with Crippen LogP contribution in [0, 0.1) is 5.82 Å². The lowest BCUT2D eigenvalue weighted by molar-refractivity contribution is -0.122. The van der Waals surface area contributed by atoms with Crippen LogP contribution in [0.3, 0.4) is 0 Å². The van der Waals surface area contributed by atoms with Crippen molar-refractivity contribution in [3.63, 3.8) is 0 Å². The third-order valence-electron chi connectivity index (χ3n) is 2.57. The molecule has 1 aliphatic carbocycles. The zero-order valence-electron chi connectivity index (χ0n) is 8.41. The summed E-state index contributed by atoms with van der Waals surface area (Å²) in [6, 6.07) is 6.30. The van der Waals surface area contributed by atoms with Crippen molar-refractivity contribution in [2.24, 2.45) is 0 Å². The normalized spacial score (nSPS) is 21.4. The Balaban J connectivity index is 2.02. The van der Waals surface area contributed by atoms with E-state index in [1.54, 1.807) is 18.2 Å². The van der Waals surface area contributed by atoms with Gasteiger partial charge in [0.1, 0.15) is 11.9 Å². The minimum atomic E-state index is -0.365. The number of Topliss-reactive ketones (excluding diaryl/α,β-unsaturated/α-hetero) is 1. The zero-order valence-corrected chi connectivity index (χ0v) is 8.41. The topological polar surface area (TPSA) is 26.3 Å². The minimum Gasteiger partial charge on any atom is -0.487 e. The molecule has 1 atom stereocenters. The molecule has 0 aliphatic heterocycles. The number of hydrogen-bond acceptors (Lipinski definition) is 2. The monoisotopic (exact) mass is 208 g/mol. The van der Waals surface area contributed by atoms with Gasteiger partial charge >= 0.3 is 0 Å². The van der Waals surface area contributed by atoms with E-state index < -0.39 is 0 Å². The first-order chi connectivity index (χ1) is 7.25. The quantitative estimate of drug-likeness (QED) is 0.747. The van der Waals surface area contributed by atoms with Gasteiger partial charge in [0.15, 0.2) is 11.6 Å². The predicted molar refractivity (Wildman–Crippen MR) is 54.3 cm³/mol. The Kier molecular flexibility index (Phi) is 2.99. The van der Waals surface area contributed by atoms with Gasteiger partial charge in [0.05, 0.1) is 0 Å². The molecule has 0 amide bonds. The molecule has 0 saturated heterocycles. The molecule has 0 heterocycles. The number of carbonyl (C=O) groups excluding carboxylic acids is 1. The van der Waals surface area contributed by atoms with E-state index in [0.717, 1.165) is 12.8 Å². The molecule has 15 heavy (non-hydrogen) atoms. The fourth-order valence-electron chi connectivity index (χ4n) is 1.81. The van der Waals surface area contributed by atoms with Gasteiger partial charge < -0.3 is 4.74 Å². The van der Waals surface area contributed by atoms with Crippen LogP contribution in [0.4, 0.5) is 4.39 Å². The molecule has 0 spiro atoms. The Morgan fingerprint density at radius 2 is 2.13 bits per heavy atom. The Morgan fingerprint density at radius 1 is 1.33 bits per heavy atom. The van der Waals surface area contributed by atoms with E-state index in [0.29, 0.717) is 12.8 Å². The fraction of sp³-hybridized carbons (Fsp3) is 0.417. The minimum absolute atomic E-state index is 0.150. The van der Waals surface area contributed by atoms with Gasteiger partial charge in [-0.15, -0.1) is 0 Å². The molecular weight excluding hydrogens is 195 g/mol. The highest BCUT2D eigenvalue weighted by atomic mass is 19.1. The fourth-order valence-corrected chi connectivity index (χ4v) is 1.81. The Morgan fingerprint density at radius 3 is 2.87 bits per heavy atom. The maximum absolute atomic E-state index is 13.2. The summed E-state index contributed by atoms with van der Waals surface area (Å²) in [6.07, 6.45) is 2.58. The van der Waals surface area contributed by atoms with E-state index in [1.165, 1.54) is 6.07 Å². The average molecular weight is 208 g/mol.